The van der Waals surface area contributed by atoms with Gasteiger partial charge in [-0.3, -0.25) is 9.97 Å². The van der Waals surface area contributed by atoms with Gasteiger partial charge in [0.2, 0.25) is 0 Å². The van der Waals surface area contributed by atoms with Crippen molar-refractivity contribution in [3.8, 4) is 6.07 Å². The zero-order valence-electron chi connectivity index (χ0n) is 11.9. The van der Waals surface area contributed by atoms with Crippen molar-refractivity contribution in [3.63, 3.8) is 0 Å². The van der Waals surface area contributed by atoms with Gasteiger partial charge in [-0.05, 0) is 43.5 Å². The Kier molecular flexibility index (Phi) is 5.69. The minimum absolute atomic E-state index is 0.591. The van der Waals surface area contributed by atoms with Crippen LogP contribution in [0.3, 0.4) is 0 Å². The SMILES string of the molecule is Cc1ccc(C#N)cn1.Cc1ccc(C(C)C)cn1. The molecule has 0 unspecified atom stereocenters. The Balaban J connectivity index is 0.000000191. The monoisotopic (exact) mass is 253 g/mol. The van der Waals surface area contributed by atoms with E-state index in [1.165, 1.54) is 5.56 Å². The highest BCUT2D eigenvalue weighted by atomic mass is 14.7. The number of aromatic nitrogens is 2. The van der Waals surface area contributed by atoms with Gasteiger partial charge in [-0.1, -0.05) is 19.9 Å². The van der Waals surface area contributed by atoms with Crippen LogP contribution in [0.1, 0.15) is 42.3 Å². The van der Waals surface area contributed by atoms with Crippen molar-refractivity contribution >= 4 is 0 Å². The van der Waals surface area contributed by atoms with E-state index in [0.717, 1.165) is 11.4 Å². The first-order valence-corrected chi connectivity index (χ1v) is 6.28. The number of hydrogen-bond donors (Lipinski definition) is 0. The van der Waals surface area contributed by atoms with Crippen LogP contribution in [-0.4, -0.2) is 9.97 Å². The third-order valence-electron chi connectivity index (χ3n) is 2.64. The Morgan fingerprint density at radius 3 is 1.89 bits per heavy atom. The molecule has 2 rings (SSSR count). The van der Waals surface area contributed by atoms with Crippen molar-refractivity contribution in [1.82, 2.24) is 9.97 Å². The molecule has 2 heterocycles. The standard InChI is InChI=1S/C9H13N.C7H6N2/c1-7(2)9-5-4-8(3)10-6-9;1-6-2-3-7(4-8)5-9-6/h4-7H,1-3H3;2-3,5H,1H3. The van der Waals surface area contributed by atoms with Crippen LogP contribution < -0.4 is 0 Å². The topological polar surface area (TPSA) is 49.6 Å². The van der Waals surface area contributed by atoms with Gasteiger partial charge in [-0.15, -0.1) is 0 Å². The van der Waals surface area contributed by atoms with Gasteiger partial charge < -0.3 is 0 Å². The number of hydrogen-bond acceptors (Lipinski definition) is 3. The Hall–Kier alpha value is -2.21. The fourth-order valence-electron chi connectivity index (χ4n) is 1.35. The third-order valence-corrected chi connectivity index (χ3v) is 2.64. The van der Waals surface area contributed by atoms with Crippen LogP contribution in [0.5, 0.6) is 0 Å². The van der Waals surface area contributed by atoms with Crippen molar-refractivity contribution in [2.45, 2.75) is 33.6 Å². The summed E-state index contributed by atoms with van der Waals surface area (Å²) in [6, 6.07) is 9.74. The predicted octanol–water partition coefficient (Wildman–Crippen LogP) is 3.78. The van der Waals surface area contributed by atoms with Gasteiger partial charge in [-0.2, -0.15) is 5.26 Å². The second-order valence-corrected chi connectivity index (χ2v) is 4.69. The van der Waals surface area contributed by atoms with E-state index in [4.69, 9.17) is 5.26 Å². The van der Waals surface area contributed by atoms with Crippen LogP contribution in [0.2, 0.25) is 0 Å². The van der Waals surface area contributed by atoms with Crippen molar-refractivity contribution in [2.24, 2.45) is 0 Å². The molecule has 0 atom stereocenters. The Labute approximate surface area is 115 Å². The lowest BCUT2D eigenvalue weighted by Crippen LogP contribution is -1.88. The summed E-state index contributed by atoms with van der Waals surface area (Å²) in [5.41, 5.74) is 3.95. The molecule has 2 aromatic heterocycles. The summed E-state index contributed by atoms with van der Waals surface area (Å²) in [6.07, 6.45) is 3.51. The van der Waals surface area contributed by atoms with Gasteiger partial charge in [0.05, 0.1) is 5.56 Å². The maximum Gasteiger partial charge on any atom is 0.101 e. The van der Waals surface area contributed by atoms with Crippen LogP contribution in [0.15, 0.2) is 36.7 Å². The number of nitrogens with zero attached hydrogens (tertiary/aromatic N) is 3. The fraction of sp³-hybridized carbons (Fsp3) is 0.312. The van der Waals surface area contributed by atoms with E-state index in [9.17, 15) is 0 Å². The summed E-state index contributed by atoms with van der Waals surface area (Å²) in [6.45, 7) is 8.24. The number of rotatable bonds is 1. The summed E-state index contributed by atoms with van der Waals surface area (Å²) in [4.78, 5) is 8.13. The van der Waals surface area contributed by atoms with Crippen LogP contribution in [0.4, 0.5) is 0 Å². The molecule has 0 amide bonds. The molecule has 0 fully saturated rings. The van der Waals surface area contributed by atoms with Crippen molar-refractivity contribution in [2.75, 3.05) is 0 Å². The molecule has 0 aromatic carbocycles. The largest absolute Gasteiger partial charge is 0.261 e. The van der Waals surface area contributed by atoms with Gasteiger partial charge in [0.25, 0.3) is 0 Å². The first-order chi connectivity index (χ1) is 9.02. The number of nitriles is 1. The van der Waals surface area contributed by atoms with E-state index in [-0.39, 0.29) is 0 Å². The van der Waals surface area contributed by atoms with Gasteiger partial charge in [0.1, 0.15) is 6.07 Å². The molecule has 3 nitrogen and oxygen atoms in total. The molecule has 0 aliphatic rings. The zero-order valence-corrected chi connectivity index (χ0v) is 11.9. The minimum atomic E-state index is 0.591. The number of aryl methyl sites for hydroxylation is 2. The molecule has 0 aliphatic heterocycles. The highest BCUT2D eigenvalue weighted by molar-refractivity contribution is 5.25. The summed E-state index contributed by atoms with van der Waals surface area (Å²) in [5.74, 6) is 0.591. The van der Waals surface area contributed by atoms with Crippen molar-refractivity contribution < 1.29 is 0 Å². The fourth-order valence-corrected chi connectivity index (χ4v) is 1.35. The lowest BCUT2D eigenvalue weighted by Gasteiger charge is -2.02. The maximum absolute atomic E-state index is 8.34. The third kappa shape index (κ3) is 5.31. The molecular formula is C16H19N3. The molecule has 3 heteroatoms. The maximum atomic E-state index is 8.34. The summed E-state index contributed by atoms with van der Waals surface area (Å²) in [7, 11) is 0. The molecule has 98 valence electrons. The summed E-state index contributed by atoms with van der Waals surface area (Å²) in [5, 5.41) is 8.34. The predicted molar refractivity (Wildman–Crippen MR) is 76.8 cm³/mol. The molecule has 0 saturated carbocycles. The van der Waals surface area contributed by atoms with Gasteiger partial charge in [0, 0.05) is 23.8 Å². The van der Waals surface area contributed by atoms with E-state index in [1.54, 1.807) is 12.3 Å². The van der Waals surface area contributed by atoms with Gasteiger partial charge >= 0.3 is 0 Å². The number of pyridine rings is 2. The molecule has 2 aromatic rings. The molecule has 0 radical (unpaired) electrons. The summed E-state index contributed by atoms with van der Waals surface area (Å²) < 4.78 is 0. The molecule has 0 aliphatic carbocycles. The van der Waals surface area contributed by atoms with E-state index < -0.39 is 0 Å². The highest BCUT2D eigenvalue weighted by Crippen LogP contribution is 2.11. The van der Waals surface area contributed by atoms with E-state index in [1.807, 2.05) is 32.2 Å². The van der Waals surface area contributed by atoms with Crippen LogP contribution in [0.25, 0.3) is 0 Å². The Morgan fingerprint density at radius 2 is 1.53 bits per heavy atom. The Morgan fingerprint density at radius 1 is 0.947 bits per heavy atom. The first-order valence-electron chi connectivity index (χ1n) is 6.28. The molecule has 0 saturated heterocycles. The summed E-state index contributed by atoms with van der Waals surface area (Å²) >= 11 is 0. The van der Waals surface area contributed by atoms with E-state index >= 15 is 0 Å². The average Bonchev–Trinajstić information content (AvgIpc) is 2.41. The second kappa shape index (κ2) is 7.27. The van der Waals surface area contributed by atoms with Crippen LogP contribution >= 0.6 is 0 Å². The van der Waals surface area contributed by atoms with Crippen LogP contribution in [0, 0.1) is 25.2 Å². The smallest absolute Gasteiger partial charge is 0.101 e. The minimum Gasteiger partial charge on any atom is -0.261 e. The van der Waals surface area contributed by atoms with Gasteiger partial charge in [0.15, 0.2) is 0 Å². The zero-order chi connectivity index (χ0) is 14.3. The molecule has 19 heavy (non-hydrogen) atoms. The molecule has 0 spiro atoms. The lowest BCUT2D eigenvalue weighted by molar-refractivity contribution is 0.855. The molecular weight excluding hydrogens is 234 g/mol. The van der Waals surface area contributed by atoms with E-state index in [2.05, 4.69) is 35.9 Å². The average molecular weight is 253 g/mol. The lowest BCUT2D eigenvalue weighted by atomic mass is 10.1. The normalized spacial score (nSPS) is 9.47. The van der Waals surface area contributed by atoms with Crippen molar-refractivity contribution in [1.29, 1.82) is 5.26 Å². The van der Waals surface area contributed by atoms with Crippen molar-refractivity contribution in [3.05, 3.63) is 59.2 Å². The first kappa shape index (κ1) is 14.8. The van der Waals surface area contributed by atoms with Crippen LogP contribution in [-0.2, 0) is 0 Å². The Bertz CT molecular complexity index is 534. The quantitative estimate of drug-likeness (QED) is 0.777. The van der Waals surface area contributed by atoms with Gasteiger partial charge in [-0.25, -0.2) is 0 Å². The highest BCUT2D eigenvalue weighted by Gasteiger charge is 1.96. The molecule has 0 bridgehead atoms. The second-order valence-electron chi connectivity index (χ2n) is 4.69. The molecule has 0 N–H and O–H groups in total. The van der Waals surface area contributed by atoms with E-state index in [0.29, 0.717) is 11.5 Å².